The number of aromatic nitrogens is 5. The molecule has 0 spiro atoms. The second kappa shape index (κ2) is 6.45. The Labute approximate surface area is 148 Å². The molecule has 3 aromatic heterocycles. The van der Waals surface area contributed by atoms with E-state index < -0.39 is 6.10 Å². The minimum Gasteiger partial charge on any atom is -0.391 e. The molecular weight excluding hydrogens is 344 g/mol. The number of fused-ring (bicyclic) bond motifs is 1. The van der Waals surface area contributed by atoms with E-state index in [1.165, 1.54) is 6.20 Å². The third kappa shape index (κ3) is 3.35. The maximum Gasteiger partial charge on any atom is 0.254 e. The SMILES string of the molecule is O=C(N[C@@H]1CC(Cn2cc(Cl)cn2)C[C@H]1O)c1cnc2nccn2c1. The molecule has 9 heteroatoms. The van der Waals surface area contributed by atoms with Crippen LogP contribution in [-0.2, 0) is 6.54 Å². The van der Waals surface area contributed by atoms with Crippen molar-refractivity contribution in [2.75, 3.05) is 0 Å². The van der Waals surface area contributed by atoms with Crippen LogP contribution in [0.15, 0.2) is 37.2 Å². The van der Waals surface area contributed by atoms with Crippen molar-refractivity contribution >= 4 is 23.3 Å². The zero-order chi connectivity index (χ0) is 17.4. The second-order valence-electron chi connectivity index (χ2n) is 6.34. The van der Waals surface area contributed by atoms with Gasteiger partial charge in [-0.25, -0.2) is 9.97 Å². The van der Waals surface area contributed by atoms with E-state index in [4.69, 9.17) is 11.6 Å². The van der Waals surface area contributed by atoms with Crippen molar-refractivity contribution in [2.45, 2.75) is 31.5 Å². The molecule has 1 aliphatic carbocycles. The Bertz CT molecular complexity index is 907. The molecule has 1 aliphatic rings. The normalized spacial score (nSPS) is 23.2. The lowest BCUT2D eigenvalue weighted by Gasteiger charge is -2.16. The van der Waals surface area contributed by atoms with E-state index in [0.717, 1.165) is 0 Å². The largest absolute Gasteiger partial charge is 0.391 e. The fourth-order valence-corrected chi connectivity index (χ4v) is 3.47. The number of amides is 1. The highest BCUT2D eigenvalue weighted by Gasteiger charge is 2.34. The number of rotatable bonds is 4. The second-order valence-corrected chi connectivity index (χ2v) is 6.78. The highest BCUT2D eigenvalue weighted by Crippen LogP contribution is 2.28. The van der Waals surface area contributed by atoms with Crippen LogP contribution < -0.4 is 5.32 Å². The summed E-state index contributed by atoms with van der Waals surface area (Å²) in [4.78, 5) is 20.6. The van der Waals surface area contributed by atoms with Gasteiger partial charge in [-0.1, -0.05) is 11.6 Å². The van der Waals surface area contributed by atoms with E-state index >= 15 is 0 Å². The first-order valence-corrected chi connectivity index (χ1v) is 8.42. The van der Waals surface area contributed by atoms with E-state index in [1.807, 2.05) is 0 Å². The van der Waals surface area contributed by atoms with Crippen molar-refractivity contribution in [3.8, 4) is 0 Å². The van der Waals surface area contributed by atoms with Gasteiger partial charge in [0.1, 0.15) is 0 Å². The smallest absolute Gasteiger partial charge is 0.254 e. The standard InChI is InChI=1S/C16H17ClN6O2/c17-12-6-20-23(9-12)7-10-3-13(14(24)4-10)21-15(25)11-5-19-16-18-1-2-22(16)8-11/h1-2,5-6,8-10,13-14,24H,3-4,7H2,(H,21,25)/t10?,13-,14-/m1/s1. The van der Waals surface area contributed by atoms with Gasteiger partial charge in [-0.15, -0.1) is 0 Å². The zero-order valence-corrected chi connectivity index (χ0v) is 14.0. The van der Waals surface area contributed by atoms with E-state index in [-0.39, 0.29) is 17.9 Å². The number of aliphatic hydroxyl groups is 1. The Hall–Kier alpha value is -2.45. The molecule has 3 aromatic rings. The molecule has 130 valence electrons. The summed E-state index contributed by atoms with van der Waals surface area (Å²) in [5, 5.41) is 17.9. The van der Waals surface area contributed by atoms with Crippen molar-refractivity contribution in [3.63, 3.8) is 0 Å². The van der Waals surface area contributed by atoms with Crippen LogP contribution in [0.1, 0.15) is 23.2 Å². The first kappa shape index (κ1) is 16.0. The summed E-state index contributed by atoms with van der Waals surface area (Å²) < 4.78 is 3.45. The van der Waals surface area contributed by atoms with Crippen LogP contribution in [0.2, 0.25) is 5.02 Å². The van der Waals surface area contributed by atoms with Gasteiger partial charge in [0.05, 0.1) is 28.9 Å². The number of imidazole rings is 1. The average molecular weight is 361 g/mol. The lowest BCUT2D eigenvalue weighted by atomic mass is 10.1. The van der Waals surface area contributed by atoms with Gasteiger partial charge in [0.25, 0.3) is 5.91 Å². The lowest BCUT2D eigenvalue weighted by molar-refractivity contribution is 0.0872. The molecule has 2 N–H and O–H groups in total. The van der Waals surface area contributed by atoms with Crippen LogP contribution in [0.5, 0.6) is 0 Å². The Morgan fingerprint density at radius 2 is 2.20 bits per heavy atom. The predicted molar refractivity (Wildman–Crippen MR) is 90.2 cm³/mol. The summed E-state index contributed by atoms with van der Waals surface area (Å²) in [5.41, 5.74) is 0.431. The van der Waals surface area contributed by atoms with Gasteiger partial charge < -0.3 is 10.4 Å². The fourth-order valence-electron chi connectivity index (χ4n) is 3.31. The predicted octanol–water partition coefficient (Wildman–Crippen LogP) is 1.15. The maximum atomic E-state index is 12.4. The number of nitrogens with zero attached hydrogens (tertiary/aromatic N) is 5. The molecule has 1 unspecified atom stereocenters. The Kier molecular flexibility index (Phi) is 4.14. The topological polar surface area (TPSA) is 97.3 Å². The number of carbonyl (C=O) groups is 1. The zero-order valence-electron chi connectivity index (χ0n) is 13.3. The van der Waals surface area contributed by atoms with E-state index in [0.29, 0.717) is 35.8 Å². The quantitative estimate of drug-likeness (QED) is 0.727. The van der Waals surface area contributed by atoms with Crippen LogP contribution in [0.4, 0.5) is 0 Å². The average Bonchev–Trinajstić information content (AvgIpc) is 3.28. The minimum absolute atomic E-state index is 0.227. The number of nitrogens with one attached hydrogen (secondary N) is 1. The third-order valence-electron chi connectivity index (χ3n) is 4.50. The van der Waals surface area contributed by atoms with Gasteiger partial charge in [0.2, 0.25) is 5.78 Å². The molecule has 1 amide bonds. The first-order valence-electron chi connectivity index (χ1n) is 8.04. The summed E-state index contributed by atoms with van der Waals surface area (Å²) in [5.74, 6) is 0.510. The van der Waals surface area contributed by atoms with E-state index in [2.05, 4.69) is 20.4 Å². The summed E-state index contributed by atoms with van der Waals surface area (Å²) in [7, 11) is 0. The highest BCUT2D eigenvalue weighted by molar-refractivity contribution is 6.30. The monoisotopic (exact) mass is 360 g/mol. The number of halogens is 1. The van der Waals surface area contributed by atoms with Gasteiger partial charge >= 0.3 is 0 Å². The Morgan fingerprint density at radius 1 is 1.32 bits per heavy atom. The number of hydrogen-bond acceptors (Lipinski definition) is 5. The summed E-state index contributed by atoms with van der Waals surface area (Å²) >= 11 is 5.87. The molecule has 1 fully saturated rings. The lowest BCUT2D eigenvalue weighted by Crippen LogP contribution is -2.40. The number of hydrogen-bond donors (Lipinski definition) is 2. The molecule has 0 aromatic carbocycles. The maximum absolute atomic E-state index is 12.4. The van der Waals surface area contributed by atoms with Crippen LogP contribution in [-0.4, -0.2) is 47.3 Å². The van der Waals surface area contributed by atoms with Crippen LogP contribution in [0, 0.1) is 5.92 Å². The molecule has 0 aliphatic heterocycles. The molecule has 0 bridgehead atoms. The van der Waals surface area contributed by atoms with Gasteiger partial charge in [-0.05, 0) is 18.8 Å². The molecule has 0 radical (unpaired) electrons. The van der Waals surface area contributed by atoms with E-state index in [1.54, 1.807) is 40.1 Å². The van der Waals surface area contributed by atoms with Gasteiger partial charge in [-0.2, -0.15) is 5.10 Å². The molecular formula is C16H17ClN6O2. The van der Waals surface area contributed by atoms with Gasteiger partial charge in [0, 0.05) is 37.5 Å². The van der Waals surface area contributed by atoms with Crippen molar-refractivity contribution in [1.29, 1.82) is 0 Å². The van der Waals surface area contributed by atoms with Crippen molar-refractivity contribution in [2.24, 2.45) is 5.92 Å². The molecule has 8 nitrogen and oxygen atoms in total. The molecule has 4 rings (SSSR count). The summed E-state index contributed by atoms with van der Waals surface area (Å²) in [6.07, 6.45) is 10.6. The number of aliphatic hydroxyl groups excluding tert-OH is 1. The third-order valence-corrected chi connectivity index (χ3v) is 4.69. The van der Waals surface area contributed by atoms with Gasteiger partial charge in [0.15, 0.2) is 0 Å². The molecule has 3 heterocycles. The molecule has 0 saturated heterocycles. The van der Waals surface area contributed by atoms with Crippen molar-refractivity contribution in [3.05, 3.63) is 47.8 Å². The first-order chi connectivity index (χ1) is 12.1. The van der Waals surface area contributed by atoms with Crippen molar-refractivity contribution < 1.29 is 9.90 Å². The van der Waals surface area contributed by atoms with Crippen LogP contribution >= 0.6 is 11.6 Å². The van der Waals surface area contributed by atoms with Gasteiger partial charge in [-0.3, -0.25) is 13.9 Å². The molecule has 25 heavy (non-hydrogen) atoms. The summed E-state index contributed by atoms with van der Waals surface area (Å²) in [6, 6.07) is -0.290. The van der Waals surface area contributed by atoms with Crippen LogP contribution in [0.25, 0.3) is 5.78 Å². The van der Waals surface area contributed by atoms with E-state index in [9.17, 15) is 9.90 Å². The molecule has 1 saturated carbocycles. The Morgan fingerprint density at radius 3 is 3.00 bits per heavy atom. The van der Waals surface area contributed by atoms with Crippen LogP contribution in [0.3, 0.4) is 0 Å². The summed E-state index contributed by atoms with van der Waals surface area (Å²) in [6.45, 7) is 0.665. The minimum atomic E-state index is -0.579. The highest BCUT2D eigenvalue weighted by atomic mass is 35.5. The number of carbonyl (C=O) groups excluding carboxylic acids is 1. The van der Waals surface area contributed by atoms with Crippen molar-refractivity contribution in [1.82, 2.24) is 29.5 Å². The molecule has 3 atom stereocenters. The Balaban J connectivity index is 1.40. The fraction of sp³-hybridized carbons (Fsp3) is 0.375.